The number of hydrogen-bond acceptors (Lipinski definition) is 3. The molecule has 0 spiro atoms. The number of aryl methyl sites for hydroxylation is 1. The highest BCUT2D eigenvalue weighted by molar-refractivity contribution is 6.35. The van der Waals surface area contributed by atoms with Crippen LogP contribution in [0.25, 0.3) is 0 Å². The molecular formula is C14H14Cl2N2O2. The van der Waals surface area contributed by atoms with E-state index in [0.717, 1.165) is 17.0 Å². The average Bonchev–Trinajstić information content (AvgIpc) is 2.65. The Bertz CT molecular complexity index is 665. The number of carbonyl (C=O) groups excluding carboxylic acids is 1. The third-order valence-electron chi connectivity index (χ3n) is 3.13. The lowest BCUT2D eigenvalue weighted by Crippen LogP contribution is -2.21. The fourth-order valence-electron chi connectivity index (χ4n) is 1.76. The molecule has 20 heavy (non-hydrogen) atoms. The van der Waals surface area contributed by atoms with Gasteiger partial charge >= 0.3 is 0 Å². The van der Waals surface area contributed by atoms with Gasteiger partial charge in [0.05, 0.1) is 10.7 Å². The SMILES string of the molecule is Cc1nn(C(=O)COc2ccc(Cl)cc2Cl)c(C)c1C. The summed E-state index contributed by atoms with van der Waals surface area (Å²) in [6, 6.07) is 4.85. The monoisotopic (exact) mass is 312 g/mol. The number of ether oxygens (including phenoxy) is 1. The van der Waals surface area contributed by atoms with Gasteiger partial charge in [0.1, 0.15) is 5.75 Å². The molecule has 106 valence electrons. The highest BCUT2D eigenvalue weighted by Crippen LogP contribution is 2.27. The minimum atomic E-state index is -0.246. The highest BCUT2D eigenvalue weighted by Gasteiger charge is 2.15. The molecule has 2 rings (SSSR count). The van der Waals surface area contributed by atoms with Gasteiger partial charge in [-0.25, -0.2) is 4.68 Å². The van der Waals surface area contributed by atoms with Gasteiger partial charge < -0.3 is 4.74 Å². The van der Waals surface area contributed by atoms with Gasteiger partial charge in [0.2, 0.25) is 0 Å². The lowest BCUT2D eigenvalue weighted by atomic mass is 10.2. The van der Waals surface area contributed by atoms with Crippen LogP contribution in [0.1, 0.15) is 21.7 Å². The molecule has 0 unspecified atom stereocenters. The van der Waals surface area contributed by atoms with Crippen molar-refractivity contribution in [2.24, 2.45) is 0 Å². The minimum Gasteiger partial charge on any atom is -0.482 e. The Morgan fingerprint density at radius 1 is 1.30 bits per heavy atom. The van der Waals surface area contributed by atoms with Gasteiger partial charge in [0, 0.05) is 10.7 Å². The number of carbonyl (C=O) groups is 1. The van der Waals surface area contributed by atoms with Crippen molar-refractivity contribution in [2.45, 2.75) is 20.8 Å². The van der Waals surface area contributed by atoms with Gasteiger partial charge in [-0.1, -0.05) is 23.2 Å². The van der Waals surface area contributed by atoms with E-state index in [9.17, 15) is 4.79 Å². The Labute approximate surface area is 127 Å². The van der Waals surface area contributed by atoms with Crippen LogP contribution in [-0.2, 0) is 0 Å². The second-order valence-corrected chi connectivity index (χ2v) is 5.31. The van der Waals surface area contributed by atoms with E-state index in [4.69, 9.17) is 27.9 Å². The predicted molar refractivity (Wildman–Crippen MR) is 79.0 cm³/mol. The van der Waals surface area contributed by atoms with Crippen molar-refractivity contribution in [3.63, 3.8) is 0 Å². The summed E-state index contributed by atoms with van der Waals surface area (Å²) in [5.74, 6) is 0.174. The first-order valence-electron chi connectivity index (χ1n) is 6.04. The van der Waals surface area contributed by atoms with Crippen molar-refractivity contribution in [3.05, 3.63) is 45.2 Å². The first kappa shape index (κ1) is 14.9. The Morgan fingerprint density at radius 2 is 2.00 bits per heavy atom. The lowest BCUT2D eigenvalue weighted by Gasteiger charge is -2.08. The number of hydrogen-bond donors (Lipinski definition) is 0. The van der Waals surface area contributed by atoms with Crippen LogP contribution in [0.5, 0.6) is 5.75 Å². The van der Waals surface area contributed by atoms with Gasteiger partial charge in [-0.05, 0) is 44.5 Å². The summed E-state index contributed by atoms with van der Waals surface area (Å²) in [5, 5.41) is 5.08. The van der Waals surface area contributed by atoms with Crippen LogP contribution in [0, 0.1) is 20.8 Å². The Morgan fingerprint density at radius 3 is 2.55 bits per heavy atom. The van der Waals surface area contributed by atoms with Crippen molar-refractivity contribution < 1.29 is 9.53 Å². The maximum Gasteiger partial charge on any atom is 0.284 e. The molecule has 1 heterocycles. The van der Waals surface area contributed by atoms with Crippen LogP contribution in [0.15, 0.2) is 18.2 Å². The van der Waals surface area contributed by atoms with Crippen LogP contribution in [0.2, 0.25) is 10.0 Å². The number of rotatable bonds is 3. The van der Waals surface area contributed by atoms with Gasteiger partial charge in [0.15, 0.2) is 6.61 Å². The van der Waals surface area contributed by atoms with E-state index >= 15 is 0 Å². The van der Waals surface area contributed by atoms with Gasteiger partial charge in [-0.15, -0.1) is 0 Å². The number of nitrogens with zero attached hydrogens (tertiary/aromatic N) is 2. The van der Waals surface area contributed by atoms with E-state index in [0.29, 0.717) is 15.8 Å². The molecule has 2 aromatic rings. The van der Waals surface area contributed by atoms with E-state index in [1.165, 1.54) is 4.68 Å². The molecule has 0 radical (unpaired) electrons. The average molecular weight is 313 g/mol. The molecule has 0 N–H and O–H groups in total. The maximum atomic E-state index is 12.1. The van der Waals surface area contributed by atoms with E-state index in [2.05, 4.69) is 5.10 Å². The maximum absolute atomic E-state index is 12.1. The van der Waals surface area contributed by atoms with Crippen molar-refractivity contribution in [3.8, 4) is 5.75 Å². The fourth-order valence-corrected chi connectivity index (χ4v) is 2.22. The second-order valence-electron chi connectivity index (χ2n) is 4.46. The Kier molecular flexibility index (Phi) is 4.35. The summed E-state index contributed by atoms with van der Waals surface area (Å²) in [7, 11) is 0. The third-order valence-corrected chi connectivity index (χ3v) is 3.66. The Balaban J connectivity index is 2.10. The molecule has 0 fully saturated rings. The molecule has 1 aromatic heterocycles. The standard InChI is InChI=1S/C14H14Cl2N2O2/c1-8-9(2)17-18(10(8)3)14(19)7-20-13-5-4-11(15)6-12(13)16/h4-6H,7H2,1-3H3. The van der Waals surface area contributed by atoms with Crippen molar-refractivity contribution in [1.29, 1.82) is 0 Å². The highest BCUT2D eigenvalue weighted by atomic mass is 35.5. The summed E-state index contributed by atoms with van der Waals surface area (Å²) >= 11 is 11.8. The van der Waals surface area contributed by atoms with Crippen LogP contribution in [0.3, 0.4) is 0 Å². The summed E-state index contributed by atoms with van der Waals surface area (Å²) < 4.78 is 6.77. The first-order chi connectivity index (χ1) is 9.40. The summed E-state index contributed by atoms with van der Waals surface area (Å²) in [5.41, 5.74) is 2.65. The van der Waals surface area contributed by atoms with Crippen LogP contribution < -0.4 is 4.74 Å². The molecule has 0 aliphatic rings. The summed E-state index contributed by atoms with van der Waals surface area (Å²) in [6.45, 7) is 5.51. The zero-order valence-electron chi connectivity index (χ0n) is 11.4. The van der Waals surface area contributed by atoms with Crippen LogP contribution >= 0.6 is 23.2 Å². The largest absolute Gasteiger partial charge is 0.482 e. The topological polar surface area (TPSA) is 44.1 Å². The van der Waals surface area contributed by atoms with E-state index in [1.807, 2.05) is 20.8 Å². The molecule has 4 nitrogen and oxygen atoms in total. The van der Waals surface area contributed by atoms with Crippen LogP contribution in [-0.4, -0.2) is 22.3 Å². The number of aromatic nitrogens is 2. The quantitative estimate of drug-likeness (QED) is 0.865. The number of halogens is 2. The zero-order chi connectivity index (χ0) is 14.9. The molecule has 0 aliphatic heterocycles. The van der Waals surface area contributed by atoms with E-state index < -0.39 is 0 Å². The number of benzene rings is 1. The van der Waals surface area contributed by atoms with Gasteiger partial charge in [0.25, 0.3) is 5.91 Å². The van der Waals surface area contributed by atoms with Gasteiger partial charge in [-0.2, -0.15) is 5.10 Å². The van der Waals surface area contributed by atoms with Crippen molar-refractivity contribution in [1.82, 2.24) is 9.78 Å². The summed E-state index contributed by atoms with van der Waals surface area (Å²) in [6.07, 6.45) is 0. The molecule has 0 saturated carbocycles. The van der Waals surface area contributed by atoms with Gasteiger partial charge in [-0.3, -0.25) is 4.79 Å². The molecule has 1 aromatic carbocycles. The summed E-state index contributed by atoms with van der Waals surface area (Å²) in [4.78, 5) is 12.1. The molecule has 0 atom stereocenters. The molecule has 0 saturated heterocycles. The van der Waals surface area contributed by atoms with Crippen molar-refractivity contribution in [2.75, 3.05) is 6.61 Å². The molecule has 6 heteroatoms. The molecule has 0 amide bonds. The second kappa shape index (κ2) is 5.85. The minimum absolute atomic E-state index is 0.136. The van der Waals surface area contributed by atoms with Crippen molar-refractivity contribution >= 4 is 29.1 Å². The predicted octanol–water partition coefficient (Wildman–Crippen LogP) is 3.83. The fraction of sp³-hybridized carbons (Fsp3) is 0.286. The van der Waals surface area contributed by atoms with E-state index in [-0.39, 0.29) is 12.5 Å². The smallest absolute Gasteiger partial charge is 0.284 e. The Hall–Kier alpha value is -1.52. The first-order valence-corrected chi connectivity index (χ1v) is 6.79. The molecule has 0 aliphatic carbocycles. The zero-order valence-corrected chi connectivity index (χ0v) is 12.9. The lowest BCUT2D eigenvalue weighted by molar-refractivity contribution is 0.0818. The normalized spacial score (nSPS) is 10.7. The molecular weight excluding hydrogens is 299 g/mol. The van der Waals surface area contributed by atoms with E-state index in [1.54, 1.807) is 18.2 Å². The third kappa shape index (κ3) is 2.97. The molecule has 0 bridgehead atoms. The van der Waals surface area contributed by atoms with Crippen LogP contribution in [0.4, 0.5) is 0 Å².